The summed E-state index contributed by atoms with van der Waals surface area (Å²) in [7, 11) is 0. The Labute approximate surface area is 189 Å². The molecule has 0 saturated carbocycles. The first kappa shape index (κ1) is 19.9. The Morgan fingerprint density at radius 3 is 2.68 bits per heavy atom. The summed E-state index contributed by atoms with van der Waals surface area (Å²) in [6.07, 6.45) is -0.350. The predicted molar refractivity (Wildman–Crippen MR) is 124 cm³/mol. The SMILES string of the molecule is Cc1ccc(-c2cc(COC(c3cccs3)c3cc4ccccc4nc3Cl)on2)cc1. The van der Waals surface area contributed by atoms with Crippen LogP contribution in [0.15, 0.2) is 82.7 Å². The van der Waals surface area contributed by atoms with E-state index >= 15 is 0 Å². The molecule has 0 fully saturated rings. The van der Waals surface area contributed by atoms with Crippen LogP contribution in [-0.2, 0) is 11.3 Å². The lowest BCUT2D eigenvalue weighted by Gasteiger charge is -2.18. The second-order valence-corrected chi connectivity index (χ2v) is 8.65. The largest absolute Gasteiger partial charge is 0.360 e. The van der Waals surface area contributed by atoms with Gasteiger partial charge in [0.15, 0.2) is 5.76 Å². The van der Waals surface area contributed by atoms with E-state index in [0.29, 0.717) is 10.9 Å². The van der Waals surface area contributed by atoms with Gasteiger partial charge in [-0.1, -0.05) is 70.9 Å². The van der Waals surface area contributed by atoms with Crippen molar-refractivity contribution in [2.45, 2.75) is 19.6 Å². The van der Waals surface area contributed by atoms with E-state index in [0.717, 1.165) is 32.6 Å². The van der Waals surface area contributed by atoms with Gasteiger partial charge in [0, 0.05) is 27.5 Å². The maximum absolute atomic E-state index is 6.57. The number of hydrogen-bond donors (Lipinski definition) is 0. The van der Waals surface area contributed by atoms with Crippen molar-refractivity contribution >= 4 is 33.8 Å². The minimum atomic E-state index is -0.350. The van der Waals surface area contributed by atoms with Crippen LogP contribution in [-0.4, -0.2) is 10.1 Å². The lowest BCUT2D eigenvalue weighted by molar-refractivity contribution is 0.0541. The third-order valence-corrected chi connectivity index (χ3v) is 6.31. The number of pyridine rings is 1. The first-order chi connectivity index (χ1) is 15.2. The molecule has 0 bridgehead atoms. The number of fused-ring (bicyclic) bond motifs is 1. The van der Waals surface area contributed by atoms with Gasteiger partial charge in [0.2, 0.25) is 0 Å². The molecule has 3 heterocycles. The van der Waals surface area contributed by atoms with Gasteiger partial charge in [-0.15, -0.1) is 11.3 Å². The van der Waals surface area contributed by atoms with E-state index < -0.39 is 0 Å². The molecule has 0 radical (unpaired) electrons. The molecule has 0 aliphatic carbocycles. The number of ether oxygens (including phenoxy) is 1. The minimum absolute atomic E-state index is 0.268. The van der Waals surface area contributed by atoms with Crippen LogP contribution in [0.2, 0.25) is 5.15 Å². The Bertz CT molecular complexity index is 1310. The molecule has 0 aliphatic heterocycles. The van der Waals surface area contributed by atoms with Gasteiger partial charge >= 0.3 is 0 Å². The van der Waals surface area contributed by atoms with Crippen molar-refractivity contribution in [3.05, 3.63) is 105 Å². The Kier molecular flexibility index (Phi) is 5.55. The molecule has 0 amide bonds. The number of aromatic nitrogens is 2. The van der Waals surface area contributed by atoms with Crippen LogP contribution in [0.5, 0.6) is 0 Å². The van der Waals surface area contributed by atoms with Gasteiger partial charge in [-0.05, 0) is 30.5 Å². The summed E-state index contributed by atoms with van der Waals surface area (Å²) in [4.78, 5) is 5.62. The van der Waals surface area contributed by atoms with Gasteiger partial charge in [0.05, 0.1) is 5.52 Å². The molecule has 31 heavy (non-hydrogen) atoms. The van der Waals surface area contributed by atoms with Crippen LogP contribution >= 0.6 is 22.9 Å². The van der Waals surface area contributed by atoms with Gasteiger partial charge in [0.25, 0.3) is 0 Å². The second-order valence-electron chi connectivity index (χ2n) is 7.31. The van der Waals surface area contributed by atoms with Crippen LogP contribution in [0.25, 0.3) is 22.2 Å². The first-order valence-corrected chi connectivity index (χ1v) is 11.2. The van der Waals surface area contributed by atoms with E-state index in [1.165, 1.54) is 5.56 Å². The first-order valence-electron chi connectivity index (χ1n) is 9.90. The summed E-state index contributed by atoms with van der Waals surface area (Å²) in [6, 6.07) is 24.1. The lowest BCUT2D eigenvalue weighted by Crippen LogP contribution is -2.06. The molecule has 0 saturated heterocycles. The number of aryl methyl sites for hydroxylation is 1. The molecular weight excluding hydrogens is 428 g/mol. The molecule has 5 aromatic rings. The van der Waals surface area contributed by atoms with Gasteiger partial charge in [-0.3, -0.25) is 0 Å². The average Bonchev–Trinajstić information content (AvgIpc) is 3.47. The molecule has 0 aliphatic rings. The van der Waals surface area contributed by atoms with E-state index in [-0.39, 0.29) is 12.7 Å². The van der Waals surface area contributed by atoms with Crippen LogP contribution in [0.1, 0.15) is 27.9 Å². The van der Waals surface area contributed by atoms with Crippen LogP contribution in [0, 0.1) is 6.92 Å². The Balaban J connectivity index is 1.42. The van der Waals surface area contributed by atoms with E-state index in [4.69, 9.17) is 20.9 Å². The van der Waals surface area contributed by atoms with Crippen LogP contribution in [0.4, 0.5) is 0 Å². The van der Waals surface area contributed by atoms with Crippen molar-refractivity contribution in [3.63, 3.8) is 0 Å². The van der Waals surface area contributed by atoms with Gasteiger partial charge in [-0.2, -0.15) is 0 Å². The summed E-state index contributed by atoms with van der Waals surface area (Å²) < 4.78 is 11.8. The molecule has 6 heteroatoms. The average molecular weight is 447 g/mol. The highest BCUT2D eigenvalue weighted by molar-refractivity contribution is 7.10. The van der Waals surface area contributed by atoms with Crippen LogP contribution in [0.3, 0.4) is 0 Å². The number of benzene rings is 2. The van der Waals surface area contributed by atoms with Crippen molar-refractivity contribution < 1.29 is 9.26 Å². The highest BCUT2D eigenvalue weighted by Crippen LogP contribution is 2.35. The second kappa shape index (κ2) is 8.63. The number of thiophene rings is 1. The quantitative estimate of drug-likeness (QED) is 0.258. The highest BCUT2D eigenvalue weighted by Gasteiger charge is 2.22. The van der Waals surface area contributed by atoms with E-state index in [1.54, 1.807) is 11.3 Å². The number of nitrogens with zero attached hydrogens (tertiary/aromatic N) is 2. The van der Waals surface area contributed by atoms with E-state index in [2.05, 4.69) is 29.2 Å². The van der Waals surface area contributed by atoms with Crippen LogP contribution < -0.4 is 0 Å². The molecule has 0 spiro atoms. The number of rotatable bonds is 6. The van der Waals surface area contributed by atoms with Gasteiger partial charge in [-0.25, -0.2) is 4.98 Å². The molecule has 1 unspecified atom stereocenters. The summed E-state index contributed by atoms with van der Waals surface area (Å²) >= 11 is 8.19. The summed E-state index contributed by atoms with van der Waals surface area (Å²) in [6.45, 7) is 2.33. The molecule has 154 valence electrons. The fourth-order valence-corrected chi connectivity index (χ4v) is 4.50. The normalized spacial score (nSPS) is 12.3. The Hall–Kier alpha value is -2.99. The summed E-state index contributed by atoms with van der Waals surface area (Å²) in [5, 5.41) is 7.68. The maximum Gasteiger partial charge on any atom is 0.163 e. The summed E-state index contributed by atoms with van der Waals surface area (Å²) in [5.41, 5.74) is 4.70. The summed E-state index contributed by atoms with van der Waals surface area (Å²) in [5.74, 6) is 0.655. The highest BCUT2D eigenvalue weighted by atomic mass is 35.5. The Morgan fingerprint density at radius 1 is 1.03 bits per heavy atom. The van der Waals surface area contributed by atoms with Gasteiger partial charge in [0.1, 0.15) is 23.6 Å². The number of halogens is 1. The third-order valence-electron chi connectivity index (χ3n) is 5.09. The minimum Gasteiger partial charge on any atom is -0.360 e. The smallest absolute Gasteiger partial charge is 0.163 e. The molecule has 1 atom stereocenters. The van der Waals surface area contributed by atoms with Crippen molar-refractivity contribution in [2.24, 2.45) is 0 Å². The van der Waals surface area contributed by atoms with Crippen molar-refractivity contribution in [2.75, 3.05) is 0 Å². The monoisotopic (exact) mass is 446 g/mol. The fourth-order valence-electron chi connectivity index (χ4n) is 3.47. The molecular formula is C25H19ClN2O2S. The zero-order valence-corrected chi connectivity index (χ0v) is 18.4. The maximum atomic E-state index is 6.57. The topological polar surface area (TPSA) is 48.2 Å². The van der Waals surface area contributed by atoms with Crippen molar-refractivity contribution in [3.8, 4) is 11.3 Å². The predicted octanol–water partition coefficient (Wildman–Crippen LogP) is 7.22. The molecule has 3 aromatic heterocycles. The Morgan fingerprint density at radius 2 is 1.87 bits per heavy atom. The molecule has 2 aromatic carbocycles. The number of para-hydroxylation sites is 1. The van der Waals surface area contributed by atoms with E-state index in [1.807, 2.05) is 66.0 Å². The molecule has 5 rings (SSSR count). The number of hydrogen-bond acceptors (Lipinski definition) is 5. The zero-order valence-electron chi connectivity index (χ0n) is 16.8. The fraction of sp³-hybridized carbons (Fsp3) is 0.120. The van der Waals surface area contributed by atoms with Crippen molar-refractivity contribution in [1.29, 1.82) is 0 Å². The zero-order chi connectivity index (χ0) is 21.2. The van der Waals surface area contributed by atoms with E-state index in [9.17, 15) is 0 Å². The molecule has 0 N–H and O–H groups in total. The lowest BCUT2D eigenvalue weighted by atomic mass is 10.1. The van der Waals surface area contributed by atoms with Gasteiger partial charge < -0.3 is 9.26 Å². The van der Waals surface area contributed by atoms with Crippen molar-refractivity contribution in [1.82, 2.24) is 10.1 Å². The standard InChI is InChI=1S/C25H19ClN2O2S/c1-16-8-10-17(11-9-16)22-14-19(30-28-22)15-29-24(23-7-4-12-31-23)20-13-18-5-2-3-6-21(18)27-25(20)26/h2-14,24H,15H2,1H3. The third kappa shape index (κ3) is 4.26. The molecule has 4 nitrogen and oxygen atoms in total.